The minimum absolute atomic E-state index is 0.101. The van der Waals surface area contributed by atoms with Crippen LogP contribution in [0, 0.1) is 6.32 Å². The molecule has 0 heterocycles. The van der Waals surface area contributed by atoms with Gasteiger partial charge in [0.1, 0.15) is 0 Å². The molecule has 0 amide bonds. The van der Waals surface area contributed by atoms with Crippen LogP contribution in [0.3, 0.4) is 0 Å². The van der Waals surface area contributed by atoms with Crippen molar-refractivity contribution in [1.29, 1.82) is 0 Å². The Kier molecular flexibility index (Phi) is 6.60. The molecule has 1 unspecified atom stereocenters. The van der Waals surface area contributed by atoms with Gasteiger partial charge in [-0.15, -0.1) is 0 Å². The Balaban J connectivity index is 0.000000437. The Bertz CT molecular complexity index is 330. The van der Waals surface area contributed by atoms with Gasteiger partial charge in [0.2, 0.25) is 0 Å². The number of aliphatic hydroxyl groups excluding tert-OH is 1. The number of aliphatic hydroxyl groups is 1. The smallest absolute Gasteiger partial charge is 0.0897 e. The molecule has 94 valence electrons. The van der Waals surface area contributed by atoms with E-state index in [1.165, 1.54) is 17.5 Å². The molecule has 17 heavy (non-hydrogen) atoms. The predicted octanol–water partition coefficient (Wildman–Crippen LogP) is 2.17. The van der Waals surface area contributed by atoms with Gasteiger partial charge < -0.3 is 5.11 Å². The molecule has 1 fully saturated rings. The van der Waals surface area contributed by atoms with Gasteiger partial charge in [-0.2, -0.15) is 18.1 Å². The van der Waals surface area contributed by atoms with E-state index in [1.54, 1.807) is 11.8 Å². The van der Waals surface area contributed by atoms with Crippen LogP contribution in [-0.4, -0.2) is 31.6 Å². The molecule has 1 aromatic carbocycles. The summed E-state index contributed by atoms with van der Waals surface area (Å²) in [5.41, 5.74) is 2.77. The molecule has 2 rings (SSSR count). The number of rotatable bonds is 2. The molecule has 2 atom stereocenters. The highest BCUT2D eigenvalue weighted by Gasteiger charge is 2.31. The molecule has 1 aliphatic rings. The molecule has 1 aromatic rings. The molecule has 0 saturated heterocycles. The van der Waals surface area contributed by atoms with Crippen LogP contribution in [0.15, 0.2) is 24.3 Å². The van der Waals surface area contributed by atoms with Gasteiger partial charge in [-0.25, -0.2) is 0 Å². The third-order valence-corrected chi connectivity index (χ3v) is 2.87. The summed E-state index contributed by atoms with van der Waals surface area (Å²) in [6.45, 7) is 0. The zero-order chi connectivity index (χ0) is 12.7. The molecule has 0 spiro atoms. The maximum atomic E-state index is 9.87. The Morgan fingerprint density at radius 3 is 2.47 bits per heavy atom. The van der Waals surface area contributed by atoms with E-state index in [4.69, 9.17) is 0 Å². The van der Waals surface area contributed by atoms with Crippen molar-refractivity contribution in [3.63, 3.8) is 0 Å². The van der Waals surface area contributed by atoms with Gasteiger partial charge in [0, 0.05) is 13.9 Å². The third-order valence-electron chi connectivity index (χ3n) is 2.87. The Hall–Kier alpha value is -0.535. The van der Waals surface area contributed by atoms with E-state index in [0.717, 1.165) is 12.8 Å². The highest BCUT2D eigenvalue weighted by atomic mass is 32.2. The second kappa shape index (κ2) is 7.73. The summed E-state index contributed by atoms with van der Waals surface area (Å²) in [4.78, 5) is 0. The molecule has 1 nitrogen and oxygen atoms in total. The average Bonchev–Trinajstić information content (AvgIpc) is 2.76. The summed E-state index contributed by atoms with van der Waals surface area (Å²) in [6, 6.07) is 8.56. The van der Waals surface area contributed by atoms with E-state index >= 15 is 0 Å². The monoisotopic (exact) mass is 250 g/mol. The van der Waals surface area contributed by atoms with Crippen molar-refractivity contribution in [2.45, 2.75) is 31.3 Å². The molecular weight excluding hydrogens is 227 g/mol. The van der Waals surface area contributed by atoms with E-state index in [0.29, 0.717) is 13.8 Å². The normalized spacial score (nSPS) is 22.8. The summed E-state index contributed by atoms with van der Waals surface area (Å²) in [7, 11) is 0.305. The third kappa shape index (κ3) is 4.00. The van der Waals surface area contributed by atoms with Crippen LogP contribution in [-0.2, 0) is 0 Å². The first-order valence-electron chi connectivity index (χ1n) is 5.63. The summed E-state index contributed by atoms with van der Waals surface area (Å²) in [6.07, 6.45) is 9.68. The summed E-state index contributed by atoms with van der Waals surface area (Å²) in [5.74, 6) is 0.403. The van der Waals surface area contributed by atoms with Crippen molar-refractivity contribution in [2.24, 2.45) is 0 Å². The molecule has 1 saturated carbocycles. The first-order valence-corrected chi connectivity index (χ1v) is 7.26. The van der Waals surface area contributed by atoms with Crippen LogP contribution in [0.2, 0.25) is 0 Å². The van der Waals surface area contributed by atoms with Crippen molar-refractivity contribution in [3.8, 4) is 0 Å². The van der Waals surface area contributed by atoms with Gasteiger partial charge in [0.15, 0.2) is 0 Å². The quantitative estimate of drug-likeness (QED) is 0.641. The van der Waals surface area contributed by atoms with Crippen molar-refractivity contribution in [2.75, 3.05) is 12.5 Å². The lowest BCUT2D eigenvalue weighted by atomic mass is 9.85. The first kappa shape index (κ1) is 14.5. The van der Waals surface area contributed by atoms with Crippen molar-refractivity contribution < 1.29 is 5.11 Å². The molecule has 1 N–H and O–H groups in total. The van der Waals surface area contributed by atoms with Crippen molar-refractivity contribution >= 4 is 19.6 Å². The van der Waals surface area contributed by atoms with Crippen molar-refractivity contribution in [1.82, 2.24) is 0 Å². The van der Waals surface area contributed by atoms with Gasteiger partial charge in [-0.3, -0.25) is 0 Å². The highest BCUT2D eigenvalue weighted by molar-refractivity contribution is 7.97. The van der Waals surface area contributed by atoms with Gasteiger partial charge in [0.05, 0.1) is 23.1 Å². The predicted molar refractivity (Wildman–Crippen MR) is 81.8 cm³/mol. The van der Waals surface area contributed by atoms with Gasteiger partial charge in [-0.05, 0) is 50.0 Å². The highest BCUT2D eigenvalue weighted by Crippen LogP contribution is 2.36. The Morgan fingerprint density at radius 2 is 1.94 bits per heavy atom. The Morgan fingerprint density at radius 1 is 1.29 bits per heavy atom. The maximum Gasteiger partial charge on any atom is 0.0897 e. The van der Waals surface area contributed by atoms with Crippen LogP contribution >= 0.6 is 11.8 Å². The van der Waals surface area contributed by atoms with E-state index < -0.39 is 0 Å². The molecule has 0 bridgehead atoms. The molecule has 3 heteroatoms. The van der Waals surface area contributed by atoms with Crippen molar-refractivity contribution in [3.05, 3.63) is 41.7 Å². The van der Waals surface area contributed by atoms with E-state index in [1.807, 2.05) is 12.5 Å². The standard InChI is InChI=1S/C12H17BO.C2H6S/c13-8-9-4-1-2-5-10(9)11-6-3-7-12(11)14;1-3-2/h1-2,4-5,8,11-12,14H,3,6-7H2,13H3;1-2H3/t11?,12-;/m0./s1. The number of benzene rings is 1. The second-order valence-electron chi connectivity index (χ2n) is 4.14. The van der Waals surface area contributed by atoms with Gasteiger partial charge >= 0.3 is 0 Å². The van der Waals surface area contributed by atoms with Crippen LogP contribution < -0.4 is 0 Å². The van der Waals surface area contributed by atoms with E-state index in [2.05, 4.69) is 30.6 Å². The number of hydrogen-bond acceptors (Lipinski definition) is 2. The zero-order valence-electron chi connectivity index (χ0n) is 10.0. The fourth-order valence-corrected chi connectivity index (χ4v) is 2.15. The minimum Gasteiger partial charge on any atom is -0.391 e. The molecule has 0 radical (unpaired) electrons. The van der Waals surface area contributed by atoms with Gasteiger partial charge in [-0.1, -0.05) is 0 Å². The van der Waals surface area contributed by atoms with Crippen LogP contribution in [0.5, 0.6) is 0 Å². The average molecular weight is 250 g/mol. The molecular formula is C14H23BOS. The largest absolute Gasteiger partial charge is 0.391 e. The lowest BCUT2D eigenvalue weighted by Gasteiger charge is -2.13. The zero-order valence-corrected chi connectivity index (χ0v) is 10.8. The van der Waals surface area contributed by atoms with E-state index in [-0.39, 0.29) is 6.10 Å². The number of hydrogen-bond donors (Lipinski definition) is 1. The van der Waals surface area contributed by atoms with Gasteiger partial charge in [0.25, 0.3) is 0 Å². The SMILES string of the molecule is CSC.[BH3-][CH+]c1ccccc1C1CCC[C@@H]1O. The van der Waals surface area contributed by atoms with Crippen LogP contribution in [0.4, 0.5) is 0 Å². The summed E-state index contributed by atoms with van der Waals surface area (Å²) < 4.78 is 0. The number of thioether (sulfide) groups is 1. The molecule has 1 aliphatic carbocycles. The van der Waals surface area contributed by atoms with Crippen LogP contribution in [0.1, 0.15) is 36.3 Å². The fourth-order valence-electron chi connectivity index (χ4n) is 2.15. The fraction of sp³-hybridized carbons (Fsp3) is 0.500. The first-order chi connectivity index (χ1) is 8.24. The topological polar surface area (TPSA) is 20.2 Å². The lowest BCUT2D eigenvalue weighted by Crippen LogP contribution is -2.12. The summed E-state index contributed by atoms with van der Waals surface area (Å²) >= 11 is 1.75. The minimum atomic E-state index is -0.101. The maximum absolute atomic E-state index is 9.87. The molecule has 0 aromatic heterocycles. The van der Waals surface area contributed by atoms with E-state index in [9.17, 15) is 5.11 Å². The Labute approximate surface area is 110 Å². The summed E-state index contributed by atoms with van der Waals surface area (Å²) in [5, 5.41) is 9.87. The lowest BCUT2D eigenvalue weighted by molar-refractivity contribution is 0.163. The molecule has 0 aliphatic heterocycles. The van der Waals surface area contributed by atoms with Crippen LogP contribution in [0.25, 0.3) is 0 Å². The second-order valence-corrected chi connectivity index (χ2v) is 4.96.